The lowest BCUT2D eigenvalue weighted by Gasteiger charge is -2.22. The molecule has 132 valence electrons. The smallest absolute Gasteiger partial charge is 0.197 e. The second kappa shape index (κ2) is 6.41. The largest absolute Gasteiger partial charge is 0.508 e. The lowest BCUT2D eigenvalue weighted by molar-refractivity contribution is 0.102. The van der Waals surface area contributed by atoms with Crippen LogP contribution < -0.4 is 0 Å². The minimum absolute atomic E-state index is 0.0143. The molecule has 0 heterocycles. The van der Waals surface area contributed by atoms with E-state index in [9.17, 15) is 19.8 Å². The van der Waals surface area contributed by atoms with E-state index < -0.39 is 0 Å². The highest BCUT2D eigenvalue weighted by Gasteiger charge is 2.30. The average Bonchev–Trinajstić information content (AvgIpc) is 2.64. The van der Waals surface area contributed by atoms with Crippen molar-refractivity contribution in [2.45, 2.75) is 0 Å². The Kier molecular flexibility index (Phi) is 4.05. The van der Waals surface area contributed by atoms with E-state index in [2.05, 4.69) is 0 Å². The third-order valence-corrected chi connectivity index (χ3v) is 4.69. The number of halogens is 1. The number of carbonyl (C=O) groups is 2. The fraction of sp³-hybridized carbons (Fsp3) is 0. The van der Waals surface area contributed by atoms with Crippen molar-refractivity contribution >= 4 is 28.7 Å². The summed E-state index contributed by atoms with van der Waals surface area (Å²) in [4.78, 5) is 25.6. The normalized spacial score (nSPS) is 14.0. The Morgan fingerprint density at radius 2 is 1.63 bits per heavy atom. The summed E-state index contributed by atoms with van der Waals surface area (Å²) in [6.45, 7) is 0. The summed E-state index contributed by atoms with van der Waals surface area (Å²) in [5.41, 5.74) is 2.31. The third kappa shape index (κ3) is 2.90. The van der Waals surface area contributed by atoms with Crippen LogP contribution in [0.5, 0.6) is 11.5 Å². The number of allylic oxidation sites excluding steroid dienone is 1. The van der Waals surface area contributed by atoms with Crippen LogP contribution in [0.1, 0.15) is 37.4 Å². The van der Waals surface area contributed by atoms with Gasteiger partial charge in [-0.2, -0.15) is 0 Å². The number of benzene rings is 3. The maximum absolute atomic E-state index is 12.8. The van der Waals surface area contributed by atoms with Crippen LogP contribution >= 0.6 is 11.6 Å². The minimum Gasteiger partial charge on any atom is -0.508 e. The maximum atomic E-state index is 12.8. The maximum Gasteiger partial charge on any atom is 0.197 e. The summed E-state index contributed by atoms with van der Waals surface area (Å²) in [6, 6.07) is 15.8. The van der Waals surface area contributed by atoms with Crippen molar-refractivity contribution in [3.8, 4) is 11.5 Å². The molecular weight excluding hydrogens is 364 g/mol. The zero-order chi connectivity index (χ0) is 19.1. The fourth-order valence-electron chi connectivity index (χ4n) is 3.27. The van der Waals surface area contributed by atoms with Crippen molar-refractivity contribution in [2.24, 2.45) is 0 Å². The van der Waals surface area contributed by atoms with Gasteiger partial charge in [-0.25, -0.2) is 0 Å². The molecule has 3 aromatic carbocycles. The van der Waals surface area contributed by atoms with Gasteiger partial charge in [0.25, 0.3) is 0 Å². The molecule has 5 heteroatoms. The second-order valence-electron chi connectivity index (χ2n) is 6.19. The molecule has 0 aromatic heterocycles. The number of carbonyl (C=O) groups excluding carboxylic acids is 2. The molecule has 0 bridgehead atoms. The van der Waals surface area contributed by atoms with Crippen LogP contribution in [0.3, 0.4) is 0 Å². The first kappa shape index (κ1) is 17.1. The van der Waals surface area contributed by atoms with Gasteiger partial charge in [0.1, 0.15) is 11.5 Å². The first-order valence-electron chi connectivity index (χ1n) is 8.18. The summed E-state index contributed by atoms with van der Waals surface area (Å²) in [5.74, 6) is -0.903. The van der Waals surface area contributed by atoms with Crippen molar-refractivity contribution < 1.29 is 19.8 Å². The molecule has 0 saturated heterocycles. The Labute approximate surface area is 160 Å². The van der Waals surface area contributed by atoms with Gasteiger partial charge in [0.2, 0.25) is 0 Å². The van der Waals surface area contributed by atoms with E-state index in [1.807, 2.05) is 0 Å². The summed E-state index contributed by atoms with van der Waals surface area (Å²) in [7, 11) is 0. The molecule has 0 amide bonds. The molecule has 0 spiro atoms. The zero-order valence-electron chi connectivity index (χ0n) is 13.9. The Morgan fingerprint density at radius 3 is 2.37 bits per heavy atom. The molecule has 3 aromatic rings. The molecule has 4 rings (SSSR count). The van der Waals surface area contributed by atoms with Gasteiger partial charge in [-0.1, -0.05) is 48.0 Å². The summed E-state index contributed by atoms with van der Waals surface area (Å²) >= 11 is 6.08. The molecular formula is C22H13ClO4. The number of aromatic hydroxyl groups is 2. The molecule has 0 unspecified atom stereocenters. The molecule has 0 radical (unpaired) electrons. The highest BCUT2D eigenvalue weighted by molar-refractivity contribution is 6.32. The van der Waals surface area contributed by atoms with Crippen LogP contribution in [0.2, 0.25) is 5.02 Å². The number of phenols is 2. The SMILES string of the molecule is O=C(C=C1c2ccccc2C(=O)c2c(O)cc(Cl)cc21)c1cccc(O)c1. The van der Waals surface area contributed by atoms with Gasteiger partial charge in [0, 0.05) is 16.1 Å². The number of hydrogen-bond acceptors (Lipinski definition) is 4. The van der Waals surface area contributed by atoms with Crippen LogP contribution in [-0.2, 0) is 0 Å². The topological polar surface area (TPSA) is 74.6 Å². The van der Waals surface area contributed by atoms with Crippen molar-refractivity contribution in [1.82, 2.24) is 0 Å². The number of ketones is 2. The lowest BCUT2D eigenvalue weighted by atomic mass is 9.80. The van der Waals surface area contributed by atoms with Gasteiger partial charge >= 0.3 is 0 Å². The first-order chi connectivity index (χ1) is 13.0. The third-order valence-electron chi connectivity index (χ3n) is 4.47. The monoisotopic (exact) mass is 376 g/mol. The van der Waals surface area contributed by atoms with Crippen molar-refractivity contribution in [3.63, 3.8) is 0 Å². The molecule has 0 atom stereocenters. The number of hydrogen-bond donors (Lipinski definition) is 2. The number of phenolic OH excluding ortho intramolecular Hbond substituents is 2. The van der Waals surface area contributed by atoms with Gasteiger partial charge < -0.3 is 10.2 Å². The molecule has 0 saturated carbocycles. The average molecular weight is 377 g/mol. The predicted octanol–water partition coefficient (Wildman–Crippen LogP) is 4.61. The Bertz CT molecular complexity index is 1140. The van der Waals surface area contributed by atoms with E-state index in [0.29, 0.717) is 27.8 Å². The van der Waals surface area contributed by atoms with E-state index in [0.717, 1.165) is 0 Å². The standard InChI is InChI=1S/C22H13ClO4/c23-13-9-18-17(11-19(25)12-4-3-5-14(24)8-12)15-6-1-2-7-16(15)22(27)21(18)20(26)10-13/h1-11,24,26H. The fourth-order valence-corrected chi connectivity index (χ4v) is 3.48. The highest BCUT2D eigenvalue weighted by atomic mass is 35.5. The number of rotatable bonds is 2. The van der Waals surface area contributed by atoms with Gasteiger partial charge in [-0.15, -0.1) is 0 Å². The summed E-state index contributed by atoms with van der Waals surface area (Å²) in [5, 5.41) is 20.2. The van der Waals surface area contributed by atoms with Crippen LogP contribution in [0.15, 0.2) is 66.7 Å². The Balaban J connectivity index is 1.97. The summed E-state index contributed by atoms with van der Waals surface area (Å²) < 4.78 is 0. The van der Waals surface area contributed by atoms with Gasteiger partial charge in [0.15, 0.2) is 11.6 Å². The van der Waals surface area contributed by atoms with E-state index in [4.69, 9.17) is 11.6 Å². The van der Waals surface area contributed by atoms with Crippen LogP contribution in [-0.4, -0.2) is 21.8 Å². The quantitative estimate of drug-likeness (QED) is 0.395. The van der Waals surface area contributed by atoms with Gasteiger partial charge in [-0.05, 0) is 47.0 Å². The molecule has 1 aliphatic rings. The summed E-state index contributed by atoms with van der Waals surface area (Å²) in [6.07, 6.45) is 1.40. The van der Waals surface area contributed by atoms with E-state index in [1.165, 1.54) is 24.3 Å². The van der Waals surface area contributed by atoms with Crippen molar-refractivity contribution in [2.75, 3.05) is 0 Å². The van der Waals surface area contributed by atoms with Crippen LogP contribution in [0.4, 0.5) is 0 Å². The lowest BCUT2D eigenvalue weighted by Crippen LogP contribution is -2.15. The first-order valence-corrected chi connectivity index (χ1v) is 8.55. The van der Waals surface area contributed by atoms with E-state index >= 15 is 0 Å². The Hall–Kier alpha value is -3.37. The van der Waals surface area contributed by atoms with Crippen molar-refractivity contribution in [3.05, 3.63) is 99.6 Å². The molecule has 2 N–H and O–H groups in total. The molecule has 4 nitrogen and oxygen atoms in total. The van der Waals surface area contributed by atoms with Gasteiger partial charge in [-0.3, -0.25) is 9.59 Å². The predicted molar refractivity (Wildman–Crippen MR) is 103 cm³/mol. The Morgan fingerprint density at radius 1 is 0.889 bits per heavy atom. The minimum atomic E-state index is -0.338. The second-order valence-corrected chi connectivity index (χ2v) is 6.63. The van der Waals surface area contributed by atoms with Crippen molar-refractivity contribution in [1.29, 1.82) is 0 Å². The molecule has 1 aliphatic carbocycles. The number of fused-ring (bicyclic) bond motifs is 2. The highest BCUT2D eigenvalue weighted by Crippen LogP contribution is 2.41. The van der Waals surface area contributed by atoms with E-state index in [1.54, 1.807) is 42.5 Å². The van der Waals surface area contributed by atoms with Gasteiger partial charge in [0.05, 0.1) is 5.56 Å². The molecule has 27 heavy (non-hydrogen) atoms. The van der Waals surface area contributed by atoms with E-state index in [-0.39, 0.29) is 33.7 Å². The van der Waals surface area contributed by atoms with Crippen LogP contribution in [0, 0.1) is 0 Å². The molecule has 0 aliphatic heterocycles. The van der Waals surface area contributed by atoms with Crippen LogP contribution in [0.25, 0.3) is 5.57 Å². The molecule has 0 fully saturated rings. The zero-order valence-corrected chi connectivity index (χ0v) is 14.7.